The maximum absolute atomic E-state index is 12.1. The van der Waals surface area contributed by atoms with Gasteiger partial charge in [-0.25, -0.2) is 0 Å². The van der Waals surface area contributed by atoms with E-state index in [9.17, 15) is 4.79 Å². The Bertz CT molecular complexity index is 521. The molecule has 0 saturated carbocycles. The summed E-state index contributed by atoms with van der Waals surface area (Å²) < 4.78 is 0. The zero-order valence-corrected chi connectivity index (χ0v) is 15.6. The van der Waals surface area contributed by atoms with Gasteiger partial charge in [0, 0.05) is 38.6 Å². The molecule has 1 aromatic rings. The molecule has 3 atom stereocenters. The number of carbonyl (C=O) groups excluding carboxylic acids is 1. The van der Waals surface area contributed by atoms with Gasteiger partial charge in [-0.1, -0.05) is 45.0 Å². The highest BCUT2D eigenvalue weighted by molar-refractivity contribution is 5.78. The molecule has 1 aromatic carbocycles. The normalized spacial score (nSPS) is 23.0. The van der Waals surface area contributed by atoms with Crippen LogP contribution in [-0.4, -0.2) is 37.5 Å². The lowest BCUT2D eigenvalue weighted by atomic mass is 9.91. The monoisotopic (exact) mass is 331 g/mol. The van der Waals surface area contributed by atoms with Crippen molar-refractivity contribution in [2.75, 3.05) is 26.7 Å². The average Bonchev–Trinajstić information content (AvgIpc) is 2.53. The number of carbonyl (C=O) groups is 1. The third kappa shape index (κ3) is 5.60. The number of piperidine rings is 1. The molecule has 0 aromatic heterocycles. The van der Waals surface area contributed by atoms with Gasteiger partial charge in [0.25, 0.3) is 0 Å². The number of nitrogens with zero attached hydrogens (tertiary/aromatic N) is 1. The van der Waals surface area contributed by atoms with E-state index in [1.165, 1.54) is 30.6 Å². The van der Waals surface area contributed by atoms with Crippen LogP contribution in [0, 0.1) is 17.8 Å². The Morgan fingerprint density at radius 3 is 2.46 bits per heavy atom. The first-order valence-corrected chi connectivity index (χ1v) is 9.21. The number of hydrogen-bond donors (Lipinski definition) is 2. The average molecular weight is 332 g/mol. The van der Waals surface area contributed by atoms with Crippen LogP contribution in [-0.2, 0) is 17.9 Å². The summed E-state index contributed by atoms with van der Waals surface area (Å²) in [7, 11) is 1.87. The molecule has 1 fully saturated rings. The SMILES string of the molecule is CNCC(C)C(=O)NCc1ccccc1CN1CC(C)CC(C)C1. The molecule has 2 rings (SSSR count). The summed E-state index contributed by atoms with van der Waals surface area (Å²) in [5, 5.41) is 6.13. The Labute approximate surface area is 147 Å². The van der Waals surface area contributed by atoms with Gasteiger partial charge in [0.05, 0.1) is 0 Å². The molecule has 0 radical (unpaired) electrons. The van der Waals surface area contributed by atoms with Crippen LogP contribution in [0.5, 0.6) is 0 Å². The lowest BCUT2D eigenvalue weighted by Crippen LogP contribution is -2.38. The van der Waals surface area contributed by atoms with Gasteiger partial charge >= 0.3 is 0 Å². The van der Waals surface area contributed by atoms with E-state index in [0.717, 1.165) is 18.4 Å². The quantitative estimate of drug-likeness (QED) is 0.807. The highest BCUT2D eigenvalue weighted by atomic mass is 16.1. The fourth-order valence-electron chi connectivity index (χ4n) is 3.80. The van der Waals surface area contributed by atoms with Crippen LogP contribution in [0.1, 0.15) is 38.3 Å². The van der Waals surface area contributed by atoms with Crippen molar-refractivity contribution in [2.24, 2.45) is 17.8 Å². The Morgan fingerprint density at radius 1 is 1.21 bits per heavy atom. The minimum Gasteiger partial charge on any atom is -0.352 e. The van der Waals surface area contributed by atoms with Crippen molar-refractivity contribution in [3.63, 3.8) is 0 Å². The van der Waals surface area contributed by atoms with Crippen molar-refractivity contribution >= 4 is 5.91 Å². The molecule has 0 spiro atoms. The molecule has 1 aliphatic heterocycles. The molecular weight excluding hydrogens is 298 g/mol. The maximum Gasteiger partial charge on any atom is 0.224 e. The summed E-state index contributed by atoms with van der Waals surface area (Å²) in [5.41, 5.74) is 2.56. The van der Waals surface area contributed by atoms with Crippen LogP contribution < -0.4 is 10.6 Å². The van der Waals surface area contributed by atoms with Crippen LogP contribution >= 0.6 is 0 Å². The molecule has 24 heavy (non-hydrogen) atoms. The van der Waals surface area contributed by atoms with Crippen molar-refractivity contribution < 1.29 is 4.79 Å². The number of nitrogens with one attached hydrogen (secondary N) is 2. The zero-order chi connectivity index (χ0) is 17.5. The second kappa shape index (κ2) is 9.19. The number of likely N-dealkylation sites (tertiary alicyclic amines) is 1. The Balaban J connectivity index is 1.96. The van der Waals surface area contributed by atoms with Gasteiger partial charge in [0.15, 0.2) is 0 Å². The van der Waals surface area contributed by atoms with Crippen molar-refractivity contribution in [1.82, 2.24) is 15.5 Å². The lowest BCUT2D eigenvalue weighted by molar-refractivity contribution is -0.124. The van der Waals surface area contributed by atoms with Crippen molar-refractivity contribution in [1.29, 1.82) is 0 Å². The third-order valence-corrected chi connectivity index (χ3v) is 4.87. The number of benzene rings is 1. The van der Waals surface area contributed by atoms with E-state index in [0.29, 0.717) is 13.1 Å². The predicted octanol–water partition coefficient (Wildman–Crippen LogP) is 2.64. The van der Waals surface area contributed by atoms with Gasteiger partial charge in [0.2, 0.25) is 5.91 Å². The van der Waals surface area contributed by atoms with Gasteiger partial charge in [-0.15, -0.1) is 0 Å². The van der Waals surface area contributed by atoms with E-state index in [4.69, 9.17) is 0 Å². The predicted molar refractivity (Wildman–Crippen MR) is 99.6 cm³/mol. The van der Waals surface area contributed by atoms with Gasteiger partial charge in [0.1, 0.15) is 0 Å². The highest BCUT2D eigenvalue weighted by Gasteiger charge is 2.22. The standard InChI is InChI=1S/C20H33N3O/c1-15-9-16(2)13-23(12-15)14-19-8-6-5-7-18(19)11-22-20(24)17(3)10-21-4/h5-8,15-17,21H,9-14H2,1-4H3,(H,22,24). The lowest BCUT2D eigenvalue weighted by Gasteiger charge is -2.35. The fraction of sp³-hybridized carbons (Fsp3) is 0.650. The molecule has 3 unspecified atom stereocenters. The zero-order valence-electron chi connectivity index (χ0n) is 15.6. The molecular formula is C20H33N3O. The summed E-state index contributed by atoms with van der Waals surface area (Å²) in [5.74, 6) is 1.64. The maximum atomic E-state index is 12.1. The molecule has 4 nitrogen and oxygen atoms in total. The number of rotatable bonds is 7. The summed E-state index contributed by atoms with van der Waals surface area (Å²) in [6, 6.07) is 8.49. The first-order valence-electron chi connectivity index (χ1n) is 9.21. The van der Waals surface area contributed by atoms with E-state index in [1.807, 2.05) is 14.0 Å². The molecule has 2 N–H and O–H groups in total. The highest BCUT2D eigenvalue weighted by Crippen LogP contribution is 2.23. The van der Waals surface area contributed by atoms with Crippen LogP contribution in [0.15, 0.2) is 24.3 Å². The Kier molecular flexibility index (Phi) is 7.25. The van der Waals surface area contributed by atoms with Gasteiger partial charge in [-0.05, 0) is 36.4 Å². The third-order valence-electron chi connectivity index (χ3n) is 4.87. The number of amides is 1. The Hall–Kier alpha value is -1.39. The summed E-state index contributed by atoms with van der Waals surface area (Å²) in [4.78, 5) is 14.7. The molecule has 0 bridgehead atoms. The summed E-state index contributed by atoms with van der Waals surface area (Å²) in [6.45, 7) is 11.3. The van der Waals surface area contributed by atoms with Crippen molar-refractivity contribution in [3.8, 4) is 0 Å². The van der Waals surface area contributed by atoms with Gasteiger partial charge in [-0.2, -0.15) is 0 Å². The van der Waals surface area contributed by atoms with Gasteiger partial charge in [-0.3, -0.25) is 9.69 Å². The van der Waals surface area contributed by atoms with Gasteiger partial charge < -0.3 is 10.6 Å². The molecule has 134 valence electrons. The van der Waals surface area contributed by atoms with Crippen LogP contribution in [0.2, 0.25) is 0 Å². The first-order chi connectivity index (χ1) is 11.5. The minimum absolute atomic E-state index is 0.00837. The van der Waals surface area contributed by atoms with Crippen LogP contribution in [0.3, 0.4) is 0 Å². The molecule has 1 heterocycles. The van der Waals surface area contributed by atoms with Crippen molar-refractivity contribution in [3.05, 3.63) is 35.4 Å². The van der Waals surface area contributed by atoms with E-state index < -0.39 is 0 Å². The fourth-order valence-corrected chi connectivity index (χ4v) is 3.80. The molecule has 1 saturated heterocycles. The molecule has 4 heteroatoms. The van der Waals surface area contributed by atoms with E-state index in [1.54, 1.807) is 0 Å². The van der Waals surface area contributed by atoms with E-state index in [2.05, 4.69) is 53.6 Å². The summed E-state index contributed by atoms with van der Waals surface area (Å²) >= 11 is 0. The summed E-state index contributed by atoms with van der Waals surface area (Å²) in [6.07, 6.45) is 1.33. The van der Waals surface area contributed by atoms with E-state index in [-0.39, 0.29) is 11.8 Å². The Morgan fingerprint density at radius 2 is 1.83 bits per heavy atom. The largest absolute Gasteiger partial charge is 0.352 e. The topological polar surface area (TPSA) is 44.4 Å². The smallest absolute Gasteiger partial charge is 0.224 e. The second-order valence-corrected chi connectivity index (χ2v) is 7.59. The van der Waals surface area contributed by atoms with Crippen molar-refractivity contribution in [2.45, 2.75) is 40.3 Å². The number of hydrogen-bond acceptors (Lipinski definition) is 3. The first kappa shape index (κ1) is 18.9. The van der Waals surface area contributed by atoms with E-state index >= 15 is 0 Å². The minimum atomic E-state index is -0.00837. The van der Waals surface area contributed by atoms with Crippen LogP contribution in [0.25, 0.3) is 0 Å². The molecule has 1 aliphatic rings. The molecule has 1 amide bonds. The second-order valence-electron chi connectivity index (χ2n) is 7.59. The molecule has 0 aliphatic carbocycles. The van der Waals surface area contributed by atoms with Crippen LogP contribution in [0.4, 0.5) is 0 Å².